The molecule has 0 spiro atoms. The summed E-state index contributed by atoms with van der Waals surface area (Å²) < 4.78 is 41.6. The van der Waals surface area contributed by atoms with Crippen LogP contribution in [0, 0.1) is 0 Å². The van der Waals surface area contributed by atoms with Crippen LogP contribution in [0.4, 0.5) is 13.2 Å². The van der Waals surface area contributed by atoms with Gasteiger partial charge in [0, 0.05) is 17.1 Å². The van der Waals surface area contributed by atoms with Gasteiger partial charge in [-0.25, -0.2) is 19.6 Å². The first-order chi connectivity index (χ1) is 19.3. The Kier molecular flexibility index (Phi) is 9.02. The molecule has 1 fully saturated rings. The Bertz CT molecular complexity index is 1410. The summed E-state index contributed by atoms with van der Waals surface area (Å²) in [6, 6.07) is 12.9. The van der Waals surface area contributed by atoms with Gasteiger partial charge in [0.2, 0.25) is 0 Å². The molecule has 2 aromatic carbocycles. The number of amidine groups is 1. The van der Waals surface area contributed by atoms with Gasteiger partial charge in [-0.1, -0.05) is 23.7 Å². The maximum absolute atomic E-state index is 13.4. The first-order valence-corrected chi connectivity index (χ1v) is 13.3. The number of halogens is 4. The number of rotatable bonds is 9. The maximum Gasteiger partial charge on any atom is 0.418 e. The normalized spacial score (nSPS) is 17.3. The largest absolute Gasteiger partial charge is 0.418 e. The zero-order valence-corrected chi connectivity index (χ0v) is 23.3. The lowest BCUT2D eigenvalue weighted by atomic mass is 10.0. The Morgan fingerprint density at radius 1 is 1.20 bits per heavy atom. The fourth-order valence-electron chi connectivity index (χ4n) is 4.68. The lowest BCUT2D eigenvalue weighted by Gasteiger charge is -2.32. The molecule has 2 atom stereocenters. The van der Waals surface area contributed by atoms with Gasteiger partial charge >= 0.3 is 6.18 Å². The number of benzene rings is 2. The second-order valence-electron chi connectivity index (χ2n) is 10.4. The number of carbonyl (C=O) groups is 1. The van der Waals surface area contributed by atoms with Gasteiger partial charge in [-0.3, -0.25) is 10.5 Å². The predicted octanol–water partition coefficient (Wildman–Crippen LogP) is 2.64. The second kappa shape index (κ2) is 12.1. The average molecular weight is 595 g/mol. The van der Waals surface area contributed by atoms with Gasteiger partial charge in [-0.15, -0.1) is 5.10 Å². The lowest BCUT2D eigenvalue weighted by molar-refractivity contribution is -0.626. The van der Waals surface area contributed by atoms with Crippen molar-refractivity contribution in [3.8, 4) is 5.69 Å². The third-order valence-electron chi connectivity index (χ3n) is 7.00. The van der Waals surface area contributed by atoms with Crippen LogP contribution in [0.2, 0.25) is 5.02 Å². The first-order valence-electron chi connectivity index (χ1n) is 12.9. The van der Waals surface area contributed by atoms with Crippen molar-refractivity contribution in [2.24, 2.45) is 5.73 Å². The Morgan fingerprint density at radius 2 is 1.88 bits per heavy atom. The number of hydrogen-bond acceptors (Lipinski definition) is 6. The molecule has 1 aromatic heterocycles. The van der Waals surface area contributed by atoms with E-state index in [9.17, 15) is 28.2 Å². The van der Waals surface area contributed by atoms with E-state index >= 15 is 0 Å². The standard InChI is InChI=1S/C27H31ClF3N7O3/c1-26(2)12-5-13-37(26)24(40)19-6-3-4-7-20(19)38-16-34-22(35-38)14-33-25(41)36(15-21(39)27(29,30)31)23(32)17-8-10-18(28)11-9-17/h3-4,6-11,16,21,25,32-33,39,41H,5,12-15H2,1-2H3/p+1/t21-,25?/m0/s1. The highest BCUT2D eigenvalue weighted by Crippen LogP contribution is 2.31. The molecule has 1 aliphatic heterocycles. The van der Waals surface area contributed by atoms with Crippen LogP contribution in [-0.4, -0.2) is 83.5 Å². The van der Waals surface area contributed by atoms with Crippen LogP contribution in [0.5, 0.6) is 0 Å². The molecule has 4 rings (SSSR count). The molecule has 220 valence electrons. The molecule has 41 heavy (non-hydrogen) atoms. The van der Waals surface area contributed by atoms with E-state index in [0.717, 1.165) is 17.4 Å². The van der Waals surface area contributed by atoms with Gasteiger partial charge < -0.3 is 15.1 Å². The van der Waals surface area contributed by atoms with E-state index in [1.54, 1.807) is 24.3 Å². The molecule has 10 nitrogen and oxygen atoms in total. The SMILES string of the molecule is CC1(C)CCCN1C(=O)c1ccccc1-n1cnc(CNC(O)/[N+](C[C@H](O)C(F)(F)F)=C(\N)c2ccc(Cl)cc2)n1. The molecule has 0 bridgehead atoms. The van der Waals surface area contributed by atoms with Crippen molar-refractivity contribution in [3.63, 3.8) is 0 Å². The van der Waals surface area contributed by atoms with Gasteiger partial charge in [0.15, 0.2) is 11.9 Å². The Hall–Kier alpha value is -3.52. The fourth-order valence-corrected chi connectivity index (χ4v) is 4.80. The lowest BCUT2D eigenvalue weighted by Crippen LogP contribution is -2.50. The highest BCUT2D eigenvalue weighted by atomic mass is 35.5. The zero-order chi connectivity index (χ0) is 29.9. The summed E-state index contributed by atoms with van der Waals surface area (Å²) in [7, 11) is 0. The number of amides is 1. The van der Waals surface area contributed by atoms with Crippen molar-refractivity contribution in [2.75, 3.05) is 13.1 Å². The third kappa shape index (κ3) is 7.04. The molecule has 2 heterocycles. The molecule has 0 radical (unpaired) electrons. The molecular weight excluding hydrogens is 563 g/mol. The Balaban J connectivity index is 1.54. The zero-order valence-electron chi connectivity index (χ0n) is 22.5. The summed E-state index contributed by atoms with van der Waals surface area (Å²) in [5, 5.41) is 27.9. The van der Waals surface area contributed by atoms with E-state index in [4.69, 9.17) is 17.3 Å². The molecule has 1 unspecified atom stereocenters. The van der Waals surface area contributed by atoms with Crippen LogP contribution < -0.4 is 11.1 Å². The number of likely N-dealkylation sites (tertiary alicyclic amines) is 1. The van der Waals surface area contributed by atoms with Crippen LogP contribution in [0.15, 0.2) is 54.9 Å². The van der Waals surface area contributed by atoms with Gasteiger partial charge in [-0.05, 0) is 63.1 Å². The second-order valence-corrected chi connectivity index (χ2v) is 10.8. The third-order valence-corrected chi connectivity index (χ3v) is 7.25. The van der Waals surface area contributed by atoms with Gasteiger partial charge in [-0.2, -0.15) is 13.2 Å². The molecule has 0 aliphatic carbocycles. The number of nitrogens with two attached hydrogens (primary N) is 1. The molecule has 1 saturated heterocycles. The highest BCUT2D eigenvalue weighted by molar-refractivity contribution is 6.30. The molecule has 14 heteroatoms. The van der Waals surface area contributed by atoms with Gasteiger partial charge in [0.25, 0.3) is 18.1 Å². The quantitative estimate of drug-likeness (QED) is 0.130. The molecule has 1 aliphatic rings. The number of aliphatic hydroxyl groups excluding tert-OH is 2. The van der Waals surface area contributed by atoms with Crippen LogP contribution >= 0.6 is 11.6 Å². The Morgan fingerprint density at radius 3 is 2.51 bits per heavy atom. The number of alkyl halides is 3. The van der Waals surface area contributed by atoms with Crippen molar-refractivity contribution in [1.82, 2.24) is 25.0 Å². The number of carbonyl (C=O) groups excluding carboxylic acids is 1. The number of nitrogens with one attached hydrogen (secondary N) is 1. The van der Waals surface area contributed by atoms with E-state index in [2.05, 4.69) is 15.4 Å². The summed E-state index contributed by atoms with van der Waals surface area (Å²) >= 11 is 5.89. The van der Waals surface area contributed by atoms with E-state index < -0.39 is 25.2 Å². The van der Waals surface area contributed by atoms with Gasteiger partial charge in [0.1, 0.15) is 12.9 Å². The van der Waals surface area contributed by atoms with Crippen molar-refractivity contribution >= 4 is 23.3 Å². The summed E-state index contributed by atoms with van der Waals surface area (Å²) in [5.41, 5.74) is 7.07. The minimum Gasteiger partial charge on any atom is -0.380 e. The molecule has 5 N–H and O–H groups in total. The maximum atomic E-state index is 13.4. The number of hydrogen-bond donors (Lipinski definition) is 4. The number of nitrogens with zero attached hydrogens (tertiary/aromatic N) is 5. The van der Waals surface area contributed by atoms with Crippen LogP contribution in [0.3, 0.4) is 0 Å². The topological polar surface area (TPSA) is 133 Å². The van der Waals surface area contributed by atoms with Crippen molar-refractivity contribution < 1.29 is 32.8 Å². The molecule has 1 amide bonds. The fraction of sp³-hybridized carbons (Fsp3) is 0.407. The Labute approximate surface area is 239 Å². The number of para-hydroxylation sites is 1. The minimum atomic E-state index is -4.94. The molecule has 0 saturated carbocycles. The van der Waals surface area contributed by atoms with E-state index in [-0.39, 0.29) is 35.2 Å². The van der Waals surface area contributed by atoms with Crippen molar-refractivity contribution in [2.45, 2.75) is 57.4 Å². The van der Waals surface area contributed by atoms with Crippen molar-refractivity contribution in [3.05, 3.63) is 76.8 Å². The predicted molar refractivity (Wildman–Crippen MR) is 145 cm³/mol. The summed E-state index contributed by atoms with van der Waals surface area (Å²) in [5.74, 6) is -0.157. The number of aromatic nitrogens is 3. The first kappa shape index (κ1) is 30.4. The number of aliphatic hydroxyl groups is 2. The average Bonchev–Trinajstić information content (AvgIpc) is 3.55. The molecular formula is C27H32ClF3N7O3+. The van der Waals surface area contributed by atoms with E-state index in [1.807, 2.05) is 18.7 Å². The summed E-state index contributed by atoms with van der Waals surface area (Å²) in [6.45, 7) is 3.49. The van der Waals surface area contributed by atoms with E-state index in [1.165, 1.54) is 35.3 Å². The van der Waals surface area contributed by atoms with Crippen LogP contribution in [0.1, 0.15) is 48.4 Å². The van der Waals surface area contributed by atoms with Gasteiger partial charge in [0.05, 0.1) is 23.4 Å². The van der Waals surface area contributed by atoms with Crippen LogP contribution in [0.25, 0.3) is 5.69 Å². The minimum absolute atomic E-state index is 0.124. The smallest absolute Gasteiger partial charge is 0.380 e. The van der Waals surface area contributed by atoms with Crippen molar-refractivity contribution in [1.29, 1.82) is 0 Å². The summed E-state index contributed by atoms with van der Waals surface area (Å²) in [6.07, 6.45) is -6.24. The molecule has 3 aromatic rings. The van der Waals surface area contributed by atoms with E-state index in [0.29, 0.717) is 22.8 Å². The summed E-state index contributed by atoms with van der Waals surface area (Å²) in [4.78, 5) is 19.5. The van der Waals surface area contributed by atoms with Crippen LogP contribution in [-0.2, 0) is 6.54 Å². The highest BCUT2D eigenvalue weighted by Gasteiger charge is 2.41. The monoisotopic (exact) mass is 594 g/mol.